The van der Waals surface area contributed by atoms with Crippen LogP contribution in [-0.2, 0) is 4.79 Å². The van der Waals surface area contributed by atoms with Gasteiger partial charge >= 0.3 is 0 Å². The SMILES string of the molecule is COc1ccc(/C=C(/C(=O)NCC(c2cccc(F)c2)N(C)C)c2cccs2)cc1. The molecule has 4 nitrogen and oxygen atoms in total. The lowest BCUT2D eigenvalue weighted by atomic mass is 10.0. The lowest BCUT2D eigenvalue weighted by molar-refractivity contribution is -0.115. The lowest BCUT2D eigenvalue weighted by Gasteiger charge is -2.25. The third-order valence-corrected chi connectivity index (χ3v) is 5.67. The van der Waals surface area contributed by atoms with E-state index >= 15 is 0 Å². The Labute approximate surface area is 180 Å². The molecule has 0 saturated carbocycles. The summed E-state index contributed by atoms with van der Waals surface area (Å²) in [6.45, 7) is 0.362. The molecule has 0 aliphatic rings. The molecule has 0 aliphatic carbocycles. The van der Waals surface area contributed by atoms with Crippen LogP contribution in [0.1, 0.15) is 22.0 Å². The van der Waals surface area contributed by atoms with Crippen molar-refractivity contribution in [2.24, 2.45) is 0 Å². The number of thiophene rings is 1. The minimum Gasteiger partial charge on any atom is -0.497 e. The van der Waals surface area contributed by atoms with Crippen molar-refractivity contribution < 1.29 is 13.9 Å². The summed E-state index contributed by atoms with van der Waals surface area (Å²) in [4.78, 5) is 16.0. The summed E-state index contributed by atoms with van der Waals surface area (Å²) in [6, 6.07) is 17.7. The molecule has 0 bridgehead atoms. The minimum atomic E-state index is -0.288. The van der Waals surface area contributed by atoms with Crippen molar-refractivity contribution in [1.82, 2.24) is 10.2 Å². The monoisotopic (exact) mass is 424 g/mol. The summed E-state index contributed by atoms with van der Waals surface area (Å²) in [7, 11) is 5.44. The Morgan fingerprint density at radius 3 is 2.53 bits per heavy atom. The number of hydrogen-bond donors (Lipinski definition) is 1. The topological polar surface area (TPSA) is 41.6 Å². The second-order valence-electron chi connectivity index (χ2n) is 7.05. The number of halogens is 1. The first kappa shape index (κ1) is 21.7. The Morgan fingerprint density at radius 2 is 1.93 bits per heavy atom. The molecule has 6 heteroatoms. The Balaban J connectivity index is 1.81. The van der Waals surface area contributed by atoms with Gasteiger partial charge in [0.05, 0.1) is 18.7 Å². The zero-order chi connectivity index (χ0) is 21.5. The van der Waals surface area contributed by atoms with E-state index in [0.717, 1.165) is 21.8 Å². The van der Waals surface area contributed by atoms with Crippen LogP contribution in [0.3, 0.4) is 0 Å². The molecule has 0 radical (unpaired) electrons. The van der Waals surface area contributed by atoms with E-state index in [2.05, 4.69) is 5.32 Å². The molecule has 0 aliphatic heterocycles. The van der Waals surface area contributed by atoms with Gasteiger partial charge in [-0.1, -0.05) is 30.3 Å². The van der Waals surface area contributed by atoms with Gasteiger partial charge in [0, 0.05) is 11.4 Å². The van der Waals surface area contributed by atoms with E-state index in [1.165, 1.54) is 23.5 Å². The predicted octanol–water partition coefficient (Wildman–Crippen LogP) is 4.86. The first-order chi connectivity index (χ1) is 14.5. The smallest absolute Gasteiger partial charge is 0.252 e. The van der Waals surface area contributed by atoms with Crippen molar-refractivity contribution in [3.8, 4) is 5.75 Å². The number of benzene rings is 2. The molecule has 30 heavy (non-hydrogen) atoms. The van der Waals surface area contributed by atoms with Gasteiger partial charge in [-0.2, -0.15) is 0 Å². The number of likely N-dealkylation sites (N-methyl/N-ethyl adjacent to an activating group) is 1. The van der Waals surface area contributed by atoms with Crippen molar-refractivity contribution in [3.63, 3.8) is 0 Å². The van der Waals surface area contributed by atoms with Gasteiger partial charge in [-0.05, 0) is 67.0 Å². The van der Waals surface area contributed by atoms with Gasteiger partial charge < -0.3 is 15.0 Å². The van der Waals surface area contributed by atoms with Gasteiger partial charge in [0.15, 0.2) is 0 Å². The van der Waals surface area contributed by atoms with E-state index in [1.807, 2.05) is 72.9 Å². The van der Waals surface area contributed by atoms with Crippen molar-refractivity contribution in [2.45, 2.75) is 6.04 Å². The van der Waals surface area contributed by atoms with Crippen LogP contribution >= 0.6 is 11.3 Å². The quantitative estimate of drug-likeness (QED) is 0.526. The number of ether oxygens (including phenoxy) is 1. The van der Waals surface area contributed by atoms with Gasteiger partial charge in [0.2, 0.25) is 0 Å². The number of amides is 1. The molecule has 3 rings (SSSR count). The molecule has 1 N–H and O–H groups in total. The lowest BCUT2D eigenvalue weighted by Crippen LogP contribution is -2.34. The largest absolute Gasteiger partial charge is 0.497 e. The van der Waals surface area contributed by atoms with Crippen LogP contribution in [0, 0.1) is 5.82 Å². The maximum atomic E-state index is 13.7. The number of nitrogens with zero attached hydrogens (tertiary/aromatic N) is 1. The van der Waals surface area contributed by atoms with E-state index in [0.29, 0.717) is 12.1 Å². The van der Waals surface area contributed by atoms with Gasteiger partial charge in [-0.3, -0.25) is 4.79 Å². The molecule has 1 aromatic heterocycles. The van der Waals surface area contributed by atoms with E-state index in [4.69, 9.17) is 4.74 Å². The van der Waals surface area contributed by atoms with Crippen molar-refractivity contribution in [3.05, 3.63) is 87.9 Å². The Kier molecular flexibility index (Phi) is 7.38. The van der Waals surface area contributed by atoms with Crippen LogP contribution in [0.2, 0.25) is 0 Å². The van der Waals surface area contributed by atoms with Crippen molar-refractivity contribution >= 4 is 28.9 Å². The Hall–Kier alpha value is -2.96. The number of nitrogens with one attached hydrogen (secondary N) is 1. The van der Waals surface area contributed by atoms with Gasteiger partial charge in [-0.25, -0.2) is 4.39 Å². The third-order valence-electron chi connectivity index (χ3n) is 4.77. The summed E-state index contributed by atoms with van der Waals surface area (Å²) in [5.41, 5.74) is 2.31. The highest BCUT2D eigenvalue weighted by Crippen LogP contribution is 2.25. The fraction of sp³-hybridized carbons (Fsp3) is 0.208. The number of carbonyl (C=O) groups excluding carboxylic acids is 1. The average Bonchev–Trinajstić information content (AvgIpc) is 3.27. The average molecular weight is 425 g/mol. The fourth-order valence-corrected chi connectivity index (χ4v) is 3.88. The second-order valence-corrected chi connectivity index (χ2v) is 8.00. The number of rotatable bonds is 8. The van der Waals surface area contributed by atoms with E-state index < -0.39 is 0 Å². The second kappa shape index (κ2) is 10.2. The highest BCUT2D eigenvalue weighted by molar-refractivity contribution is 7.11. The zero-order valence-corrected chi connectivity index (χ0v) is 18.1. The van der Waals surface area contributed by atoms with Crippen LogP contribution in [0.4, 0.5) is 4.39 Å². The number of hydrogen-bond acceptors (Lipinski definition) is 4. The molecule has 1 amide bonds. The number of carbonyl (C=O) groups is 1. The van der Waals surface area contributed by atoms with Crippen LogP contribution in [0.5, 0.6) is 5.75 Å². The minimum absolute atomic E-state index is 0.143. The third kappa shape index (κ3) is 5.55. The molecule has 2 aromatic carbocycles. The molecule has 0 spiro atoms. The Morgan fingerprint density at radius 1 is 1.17 bits per heavy atom. The van der Waals surface area contributed by atoms with E-state index in [1.54, 1.807) is 13.2 Å². The van der Waals surface area contributed by atoms with Gasteiger partial charge in [0.1, 0.15) is 11.6 Å². The molecule has 1 heterocycles. The highest BCUT2D eigenvalue weighted by Gasteiger charge is 2.19. The van der Waals surface area contributed by atoms with Crippen LogP contribution < -0.4 is 10.1 Å². The van der Waals surface area contributed by atoms with Crippen LogP contribution in [0.15, 0.2) is 66.0 Å². The van der Waals surface area contributed by atoms with Gasteiger partial charge in [-0.15, -0.1) is 11.3 Å². The molecular formula is C24H25FN2O2S. The fourth-order valence-electron chi connectivity index (χ4n) is 3.14. The summed E-state index contributed by atoms with van der Waals surface area (Å²) >= 11 is 1.51. The normalized spacial score (nSPS) is 12.6. The molecule has 3 aromatic rings. The maximum absolute atomic E-state index is 13.7. The van der Waals surface area contributed by atoms with Crippen LogP contribution in [0.25, 0.3) is 11.6 Å². The first-order valence-electron chi connectivity index (χ1n) is 9.57. The molecule has 0 saturated heterocycles. The Bertz CT molecular complexity index is 998. The predicted molar refractivity (Wildman–Crippen MR) is 121 cm³/mol. The summed E-state index contributed by atoms with van der Waals surface area (Å²) in [5.74, 6) is 0.305. The molecule has 1 unspecified atom stereocenters. The van der Waals surface area contributed by atoms with Crippen LogP contribution in [-0.4, -0.2) is 38.6 Å². The maximum Gasteiger partial charge on any atom is 0.252 e. The van der Waals surface area contributed by atoms with Crippen molar-refractivity contribution in [1.29, 1.82) is 0 Å². The summed E-state index contributed by atoms with van der Waals surface area (Å²) in [6.07, 6.45) is 1.87. The van der Waals surface area contributed by atoms with E-state index in [-0.39, 0.29) is 17.8 Å². The number of methoxy groups -OCH3 is 1. The molecule has 156 valence electrons. The summed E-state index contributed by atoms with van der Waals surface area (Å²) in [5, 5.41) is 4.97. The molecule has 1 atom stereocenters. The molecule has 0 fully saturated rings. The highest BCUT2D eigenvalue weighted by atomic mass is 32.1. The van der Waals surface area contributed by atoms with Crippen molar-refractivity contribution in [2.75, 3.05) is 27.7 Å². The zero-order valence-electron chi connectivity index (χ0n) is 17.3. The summed E-state index contributed by atoms with van der Waals surface area (Å²) < 4.78 is 18.9. The van der Waals surface area contributed by atoms with E-state index in [9.17, 15) is 9.18 Å². The first-order valence-corrected chi connectivity index (χ1v) is 10.5. The standard InChI is InChI=1S/C24H25FN2O2S/c1-27(2)22(18-6-4-7-19(25)15-18)16-26-24(28)21(23-8-5-13-30-23)14-17-9-11-20(29-3)12-10-17/h4-15,22H,16H2,1-3H3,(H,26,28)/b21-14+. The van der Waals surface area contributed by atoms with Gasteiger partial charge in [0.25, 0.3) is 5.91 Å². The molecular weight excluding hydrogens is 399 g/mol.